The highest BCUT2D eigenvalue weighted by atomic mass is 32.1. The molecule has 0 bridgehead atoms. The van der Waals surface area contributed by atoms with Crippen molar-refractivity contribution in [2.75, 3.05) is 24.2 Å². The minimum absolute atomic E-state index is 0.401. The lowest BCUT2D eigenvalue weighted by atomic mass is 10.3. The average molecular weight is 238 g/mol. The van der Waals surface area contributed by atoms with Crippen molar-refractivity contribution in [3.05, 3.63) is 11.4 Å². The van der Waals surface area contributed by atoms with E-state index in [1.54, 1.807) is 25.3 Å². The number of nitrogens with zero attached hydrogens (tertiary/aromatic N) is 2. The first kappa shape index (κ1) is 11.1. The number of hydrogen-bond donors (Lipinski definition) is 3. The van der Waals surface area contributed by atoms with E-state index in [1.807, 2.05) is 11.4 Å². The topological polar surface area (TPSA) is 70.1 Å². The van der Waals surface area contributed by atoms with Crippen LogP contribution >= 0.6 is 11.3 Å². The van der Waals surface area contributed by atoms with Gasteiger partial charge in [-0.05, 0) is 18.4 Å². The van der Waals surface area contributed by atoms with Crippen molar-refractivity contribution >= 4 is 33.3 Å². The molecule has 0 spiro atoms. The van der Waals surface area contributed by atoms with Crippen molar-refractivity contribution < 1.29 is 5.11 Å². The van der Waals surface area contributed by atoms with Crippen LogP contribution in [0.1, 0.15) is 6.92 Å². The zero-order valence-electron chi connectivity index (χ0n) is 9.19. The highest BCUT2D eigenvalue weighted by Crippen LogP contribution is 2.26. The van der Waals surface area contributed by atoms with Crippen LogP contribution in [0, 0.1) is 0 Å². The normalized spacial score (nSPS) is 12.7. The summed E-state index contributed by atoms with van der Waals surface area (Å²) < 4.78 is 0. The number of nitrogens with one attached hydrogen (secondary N) is 2. The van der Waals surface area contributed by atoms with Crippen molar-refractivity contribution in [2.24, 2.45) is 0 Å². The molecule has 0 aliphatic carbocycles. The van der Waals surface area contributed by atoms with Gasteiger partial charge in [-0.25, -0.2) is 4.98 Å². The van der Waals surface area contributed by atoms with E-state index < -0.39 is 6.10 Å². The Labute approximate surface area is 97.5 Å². The molecule has 6 heteroatoms. The first-order valence-corrected chi connectivity index (χ1v) is 5.93. The van der Waals surface area contributed by atoms with Crippen molar-refractivity contribution in [1.29, 1.82) is 0 Å². The van der Waals surface area contributed by atoms with Gasteiger partial charge in [-0.15, -0.1) is 11.3 Å². The second-order valence-electron chi connectivity index (χ2n) is 3.52. The summed E-state index contributed by atoms with van der Waals surface area (Å²) in [5, 5.41) is 18.2. The van der Waals surface area contributed by atoms with Crippen molar-refractivity contribution in [1.82, 2.24) is 9.97 Å². The summed E-state index contributed by atoms with van der Waals surface area (Å²) in [6.07, 6.45) is -0.401. The fourth-order valence-electron chi connectivity index (χ4n) is 1.35. The molecule has 0 fully saturated rings. The number of rotatable bonds is 4. The fraction of sp³-hybridized carbons (Fsp3) is 0.400. The maximum absolute atomic E-state index is 9.24. The van der Waals surface area contributed by atoms with Gasteiger partial charge in [0.15, 0.2) is 0 Å². The van der Waals surface area contributed by atoms with E-state index in [-0.39, 0.29) is 0 Å². The number of aliphatic hydroxyl groups is 1. The van der Waals surface area contributed by atoms with Gasteiger partial charge in [0.1, 0.15) is 10.6 Å². The monoisotopic (exact) mass is 238 g/mol. The maximum Gasteiger partial charge on any atom is 0.225 e. The molecule has 0 saturated heterocycles. The van der Waals surface area contributed by atoms with Crippen molar-refractivity contribution in [3.63, 3.8) is 0 Å². The Hall–Kier alpha value is -1.40. The molecule has 16 heavy (non-hydrogen) atoms. The third kappa shape index (κ3) is 2.23. The molecule has 0 aromatic carbocycles. The van der Waals surface area contributed by atoms with Crippen LogP contribution in [0.2, 0.25) is 0 Å². The van der Waals surface area contributed by atoms with E-state index in [9.17, 15) is 5.11 Å². The number of anilines is 2. The summed E-state index contributed by atoms with van der Waals surface area (Å²) in [6, 6.07) is 1.98. The molecule has 1 unspecified atom stereocenters. The van der Waals surface area contributed by atoms with Gasteiger partial charge in [0.05, 0.1) is 11.5 Å². The van der Waals surface area contributed by atoms with Gasteiger partial charge >= 0.3 is 0 Å². The molecule has 5 nitrogen and oxygen atoms in total. The number of fused-ring (bicyclic) bond motifs is 1. The predicted molar refractivity (Wildman–Crippen MR) is 67.1 cm³/mol. The standard InChI is InChI=1S/C10H14N4OS/c1-6(15)5-12-8-7-3-4-16-9(7)14-10(11-2)13-8/h3-4,6,15H,5H2,1-2H3,(H2,11,12,13,14). The van der Waals surface area contributed by atoms with Gasteiger partial charge in [-0.3, -0.25) is 0 Å². The van der Waals surface area contributed by atoms with Crippen LogP contribution in [0.3, 0.4) is 0 Å². The van der Waals surface area contributed by atoms with Crippen LogP contribution < -0.4 is 10.6 Å². The summed E-state index contributed by atoms with van der Waals surface area (Å²) in [4.78, 5) is 9.60. The summed E-state index contributed by atoms with van der Waals surface area (Å²) >= 11 is 1.57. The Morgan fingerprint density at radius 1 is 1.50 bits per heavy atom. The Balaban J connectivity index is 2.36. The van der Waals surface area contributed by atoms with E-state index in [2.05, 4.69) is 20.6 Å². The van der Waals surface area contributed by atoms with E-state index in [1.165, 1.54) is 0 Å². The van der Waals surface area contributed by atoms with E-state index in [4.69, 9.17) is 0 Å². The van der Waals surface area contributed by atoms with Crippen LogP contribution in [0.25, 0.3) is 10.2 Å². The molecule has 0 aliphatic heterocycles. The molecule has 0 aliphatic rings. The van der Waals surface area contributed by atoms with Crippen LogP contribution in [-0.2, 0) is 0 Å². The van der Waals surface area contributed by atoms with Gasteiger partial charge in [0, 0.05) is 13.6 Å². The van der Waals surface area contributed by atoms with Crippen molar-refractivity contribution in [3.8, 4) is 0 Å². The SMILES string of the molecule is CNc1nc(NCC(C)O)c2ccsc2n1. The zero-order valence-corrected chi connectivity index (χ0v) is 10.0. The predicted octanol–water partition coefficient (Wildman–Crippen LogP) is 1.53. The van der Waals surface area contributed by atoms with E-state index in [0.29, 0.717) is 12.5 Å². The lowest BCUT2D eigenvalue weighted by Crippen LogP contribution is -2.16. The van der Waals surface area contributed by atoms with Gasteiger partial charge in [0.2, 0.25) is 5.95 Å². The molecule has 1 atom stereocenters. The van der Waals surface area contributed by atoms with Crippen LogP contribution in [0.4, 0.5) is 11.8 Å². The Morgan fingerprint density at radius 3 is 3.00 bits per heavy atom. The Kier molecular flexibility index (Phi) is 3.21. The minimum atomic E-state index is -0.401. The van der Waals surface area contributed by atoms with Gasteiger partial charge in [0.25, 0.3) is 0 Å². The van der Waals surface area contributed by atoms with Gasteiger partial charge < -0.3 is 15.7 Å². The maximum atomic E-state index is 9.24. The van der Waals surface area contributed by atoms with Crippen LogP contribution in [0.15, 0.2) is 11.4 Å². The molecule has 3 N–H and O–H groups in total. The van der Waals surface area contributed by atoms with E-state index >= 15 is 0 Å². The smallest absolute Gasteiger partial charge is 0.225 e. The molecule has 2 aromatic heterocycles. The van der Waals surface area contributed by atoms with Gasteiger partial charge in [-0.1, -0.05) is 0 Å². The highest BCUT2D eigenvalue weighted by Gasteiger charge is 2.08. The van der Waals surface area contributed by atoms with Crippen LogP contribution in [0.5, 0.6) is 0 Å². The largest absolute Gasteiger partial charge is 0.392 e. The molecule has 2 rings (SSSR count). The van der Waals surface area contributed by atoms with Gasteiger partial charge in [-0.2, -0.15) is 4.98 Å². The zero-order chi connectivity index (χ0) is 11.5. The first-order chi connectivity index (χ1) is 7.70. The number of aliphatic hydroxyl groups excluding tert-OH is 1. The molecule has 0 amide bonds. The average Bonchev–Trinajstić information content (AvgIpc) is 2.73. The third-order valence-electron chi connectivity index (χ3n) is 2.11. The molecule has 0 saturated carbocycles. The number of thiophene rings is 1. The Morgan fingerprint density at radius 2 is 2.31 bits per heavy atom. The second kappa shape index (κ2) is 4.63. The Bertz CT molecular complexity index is 483. The molecule has 86 valence electrons. The number of hydrogen-bond acceptors (Lipinski definition) is 6. The second-order valence-corrected chi connectivity index (χ2v) is 4.41. The molecular weight excluding hydrogens is 224 g/mol. The molecule has 2 aromatic rings. The van der Waals surface area contributed by atoms with E-state index in [0.717, 1.165) is 16.0 Å². The fourth-order valence-corrected chi connectivity index (χ4v) is 2.11. The summed E-state index contributed by atoms with van der Waals surface area (Å²) in [5.41, 5.74) is 0. The van der Waals surface area contributed by atoms with Crippen molar-refractivity contribution in [2.45, 2.75) is 13.0 Å². The van der Waals surface area contributed by atoms with Crippen LogP contribution in [-0.4, -0.2) is 34.8 Å². The summed E-state index contributed by atoms with van der Waals surface area (Å²) in [7, 11) is 1.78. The molecule has 0 radical (unpaired) electrons. The lowest BCUT2D eigenvalue weighted by molar-refractivity contribution is 0.208. The lowest BCUT2D eigenvalue weighted by Gasteiger charge is -2.09. The minimum Gasteiger partial charge on any atom is -0.392 e. The summed E-state index contributed by atoms with van der Waals surface area (Å²) in [6.45, 7) is 2.21. The quantitative estimate of drug-likeness (QED) is 0.753. The first-order valence-electron chi connectivity index (χ1n) is 5.05. The molecule has 2 heterocycles. The third-order valence-corrected chi connectivity index (χ3v) is 2.92. The number of aromatic nitrogens is 2. The summed E-state index contributed by atoms with van der Waals surface area (Å²) in [5.74, 6) is 1.35. The molecular formula is C10H14N4OS. The highest BCUT2D eigenvalue weighted by molar-refractivity contribution is 7.16.